The van der Waals surface area contributed by atoms with Gasteiger partial charge in [-0.15, -0.1) is 24.0 Å². The maximum absolute atomic E-state index is 6.02. The Labute approximate surface area is 154 Å². The van der Waals surface area contributed by atoms with Crippen molar-refractivity contribution in [2.75, 3.05) is 26.9 Å². The monoisotopic (exact) mass is 441 g/mol. The van der Waals surface area contributed by atoms with Crippen LogP contribution in [0.15, 0.2) is 23.2 Å². The molecule has 5 nitrogen and oxygen atoms in total. The van der Waals surface area contributed by atoms with Crippen molar-refractivity contribution < 1.29 is 9.47 Å². The minimum absolute atomic E-state index is 0. The lowest BCUT2D eigenvalue weighted by molar-refractivity contribution is 0.179. The van der Waals surface area contributed by atoms with Gasteiger partial charge in [-0.2, -0.15) is 0 Å². The Bertz CT molecular complexity index is 472. The van der Waals surface area contributed by atoms with E-state index in [9.17, 15) is 0 Å². The van der Waals surface area contributed by atoms with Gasteiger partial charge in [0.2, 0.25) is 0 Å². The van der Waals surface area contributed by atoms with Crippen LogP contribution >= 0.6 is 35.6 Å². The first kappa shape index (κ1) is 21.3. The Balaban J connectivity index is 0.00000441. The van der Waals surface area contributed by atoms with E-state index in [-0.39, 0.29) is 30.0 Å². The third kappa shape index (κ3) is 8.05. The molecule has 126 valence electrons. The maximum atomic E-state index is 6.02. The summed E-state index contributed by atoms with van der Waals surface area (Å²) in [4.78, 5) is 4.30. The van der Waals surface area contributed by atoms with Gasteiger partial charge < -0.3 is 20.5 Å². The number of nitrogens with one attached hydrogen (secondary N) is 1. The molecule has 0 bridgehead atoms. The number of hydrogen-bond acceptors (Lipinski definition) is 3. The van der Waals surface area contributed by atoms with Crippen molar-refractivity contribution in [3.8, 4) is 5.75 Å². The Morgan fingerprint density at radius 2 is 2.18 bits per heavy atom. The average Bonchev–Trinajstić information content (AvgIpc) is 2.42. The van der Waals surface area contributed by atoms with Crippen molar-refractivity contribution in [2.24, 2.45) is 10.7 Å². The van der Waals surface area contributed by atoms with E-state index in [1.807, 2.05) is 32.0 Å². The second-order valence-corrected chi connectivity index (χ2v) is 5.14. The van der Waals surface area contributed by atoms with Crippen LogP contribution < -0.4 is 15.8 Å². The van der Waals surface area contributed by atoms with E-state index in [4.69, 9.17) is 26.8 Å². The number of ether oxygens (including phenoxy) is 2. The summed E-state index contributed by atoms with van der Waals surface area (Å²) in [6.45, 7) is 5.71. The first-order valence-corrected chi connectivity index (χ1v) is 7.41. The summed E-state index contributed by atoms with van der Waals surface area (Å²) < 4.78 is 10.6. The molecule has 1 unspecified atom stereocenters. The third-order valence-electron chi connectivity index (χ3n) is 2.80. The molecule has 3 N–H and O–H groups in total. The smallest absolute Gasteiger partial charge is 0.188 e. The average molecular weight is 442 g/mol. The molecule has 1 rings (SSSR count). The number of benzene rings is 1. The van der Waals surface area contributed by atoms with Crippen LogP contribution in [0.3, 0.4) is 0 Å². The molecule has 1 atom stereocenters. The normalized spacial score (nSPS) is 12.5. The quantitative estimate of drug-likeness (QED) is 0.370. The Morgan fingerprint density at radius 3 is 2.82 bits per heavy atom. The molecule has 0 heterocycles. The van der Waals surface area contributed by atoms with Crippen molar-refractivity contribution in [1.82, 2.24) is 5.32 Å². The van der Waals surface area contributed by atoms with Crippen molar-refractivity contribution in [3.05, 3.63) is 28.8 Å². The van der Waals surface area contributed by atoms with Crippen molar-refractivity contribution in [3.63, 3.8) is 0 Å². The van der Waals surface area contributed by atoms with E-state index in [0.29, 0.717) is 30.7 Å². The summed E-state index contributed by atoms with van der Waals surface area (Å²) in [6, 6.07) is 5.73. The van der Waals surface area contributed by atoms with Crippen LogP contribution in [0.4, 0.5) is 0 Å². The fourth-order valence-corrected chi connectivity index (χ4v) is 2.12. The van der Waals surface area contributed by atoms with Crippen LogP contribution in [0, 0.1) is 0 Å². The Morgan fingerprint density at radius 1 is 1.45 bits per heavy atom. The van der Waals surface area contributed by atoms with Crippen LogP contribution in [0.2, 0.25) is 5.02 Å². The SMILES string of the molecule is CCOc1ccc(Cl)cc1CCN=C(N)NC(C)COC.I. The second-order valence-electron chi connectivity index (χ2n) is 4.70. The summed E-state index contributed by atoms with van der Waals surface area (Å²) in [7, 11) is 1.65. The predicted molar refractivity (Wildman–Crippen MR) is 103 cm³/mol. The molecule has 0 aliphatic rings. The highest BCUT2D eigenvalue weighted by Gasteiger charge is 2.05. The van der Waals surface area contributed by atoms with E-state index in [2.05, 4.69) is 10.3 Å². The van der Waals surface area contributed by atoms with Gasteiger partial charge in [-0.25, -0.2) is 0 Å². The van der Waals surface area contributed by atoms with Crippen molar-refractivity contribution in [1.29, 1.82) is 0 Å². The number of nitrogens with zero attached hydrogens (tertiary/aromatic N) is 1. The van der Waals surface area contributed by atoms with Gasteiger partial charge in [0.15, 0.2) is 5.96 Å². The largest absolute Gasteiger partial charge is 0.494 e. The van der Waals surface area contributed by atoms with Gasteiger partial charge in [0, 0.05) is 24.7 Å². The lowest BCUT2D eigenvalue weighted by atomic mass is 10.1. The summed E-state index contributed by atoms with van der Waals surface area (Å²) in [5, 5.41) is 3.76. The van der Waals surface area contributed by atoms with E-state index >= 15 is 0 Å². The molecule has 0 aromatic heterocycles. The summed E-state index contributed by atoms with van der Waals surface area (Å²) in [6.07, 6.45) is 0.719. The van der Waals surface area contributed by atoms with Gasteiger partial charge in [-0.05, 0) is 44.0 Å². The number of hydrogen-bond donors (Lipinski definition) is 2. The lowest BCUT2D eigenvalue weighted by Crippen LogP contribution is -2.40. The van der Waals surface area contributed by atoms with Gasteiger partial charge in [0.05, 0.1) is 13.2 Å². The van der Waals surface area contributed by atoms with Crippen LogP contribution in [-0.4, -0.2) is 38.9 Å². The maximum Gasteiger partial charge on any atom is 0.188 e. The number of nitrogens with two attached hydrogens (primary N) is 1. The molecule has 0 saturated heterocycles. The zero-order valence-electron chi connectivity index (χ0n) is 13.3. The zero-order valence-corrected chi connectivity index (χ0v) is 16.4. The second kappa shape index (κ2) is 11.8. The standard InChI is InChI=1S/C15H24ClN3O2.HI/c1-4-21-14-6-5-13(16)9-12(14)7-8-18-15(17)19-11(2)10-20-3;/h5-6,9,11H,4,7-8,10H2,1-3H3,(H3,17,18,19);1H. The lowest BCUT2D eigenvalue weighted by Gasteiger charge is -2.13. The fraction of sp³-hybridized carbons (Fsp3) is 0.533. The van der Waals surface area contributed by atoms with Crippen LogP contribution in [0.1, 0.15) is 19.4 Å². The Kier molecular flexibility index (Phi) is 11.4. The highest BCUT2D eigenvalue weighted by atomic mass is 127. The zero-order chi connectivity index (χ0) is 15.7. The van der Waals surface area contributed by atoms with E-state index < -0.39 is 0 Å². The summed E-state index contributed by atoms with van der Waals surface area (Å²) in [5.41, 5.74) is 6.85. The van der Waals surface area contributed by atoms with Gasteiger partial charge >= 0.3 is 0 Å². The summed E-state index contributed by atoms with van der Waals surface area (Å²) in [5.74, 6) is 1.26. The van der Waals surface area contributed by atoms with Gasteiger partial charge in [0.1, 0.15) is 5.75 Å². The fourth-order valence-electron chi connectivity index (χ4n) is 1.93. The first-order valence-electron chi connectivity index (χ1n) is 7.03. The topological polar surface area (TPSA) is 68.9 Å². The molecule has 0 aliphatic heterocycles. The molecule has 7 heteroatoms. The third-order valence-corrected chi connectivity index (χ3v) is 3.03. The van der Waals surface area contributed by atoms with E-state index in [0.717, 1.165) is 17.7 Å². The highest BCUT2D eigenvalue weighted by Crippen LogP contribution is 2.23. The van der Waals surface area contributed by atoms with E-state index in [1.54, 1.807) is 7.11 Å². The molecule has 0 radical (unpaired) electrons. The minimum atomic E-state index is 0. The number of methoxy groups -OCH3 is 1. The number of halogens is 2. The van der Waals surface area contributed by atoms with Crippen molar-refractivity contribution >= 4 is 41.5 Å². The molecular formula is C15H25ClIN3O2. The Hall–Kier alpha value is -0.730. The van der Waals surface area contributed by atoms with E-state index in [1.165, 1.54) is 0 Å². The van der Waals surface area contributed by atoms with Crippen LogP contribution in [0.5, 0.6) is 5.75 Å². The molecule has 1 aromatic rings. The summed E-state index contributed by atoms with van der Waals surface area (Å²) >= 11 is 6.02. The van der Waals surface area contributed by atoms with Crippen molar-refractivity contribution in [2.45, 2.75) is 26.3 Å². The molecule has 1 aromatic carbocycles. The minimum Gasteiger partial charge on any atom is -0.494 e. The molecule has 0 amide bonds. The molecule has 0 fully saturated rings. The number of guanidine groups is 1. The predicted octanol–water partition coefficient (Wildman–Crippen LogP) is 2.84. The molecule has 22 heavy (non-hydrogen) atoms. The molecule has 0 spiro atoms. The van der Waals surface area contributed by atoms with Gasteiger partial charge in [0.25, 0.3) is 0 Å². The van der Waals surface area contributed by atoms with Gasteiger partial charge in [-0.3, -0.25) is 4.99 Å². The molecular weight excluding hydrogens is 417 g/mol. The number of aliphatic imine (C=N–C) groups is 1. The molecule has 0 aliphatic carbocycles. The first-order chi connectivity index (χ1) is 10.1. The number of rotatable bonds is 8. The molecule has 0 saturated carbocycles. The van der Waals surface area contributed by atoms with Gasteiger partial charge in [-0.1, -0.05) is 11.6 Å². The highest BCUT2D eigenvalue weighted by molar-refractivity contribution is 14.0. The van der Waals surface area contributed by atoms with Crippen LogP contribution in [0.25, 0.3) is 0 Å². The van der Waals surface area contributed by atoms with Crippen LogP contribution in [-0.2, 0) is 11.2 Å².